The minimum absolute atomic E-state index is 0. The van der Waals surface area contributed by atoms with Gasteiger partial charge in [0, 0.05) is 18.0 Å². The molecule has 0 aliphatic heterocycles. The second kappa shape index (κ2) is 8.04. The highest BCUT2D eigenvalue weighted by atomic mass is 35.5. The summed E-state index contributed by atoms with van der Waals surface area (Å²) in [5.74, 6) is 1.53. The normalized spacial score (nSPS) is 9.79. The predicted molar refractivity (Wildman–Crippen MR) is 81.7 cm³/mol. The van der Waals surface area contributed by atoms with Crippen LogP contribution in [0.1, 0.15) is 10.4 Å². The van der Waals surface area contributed by atoms with Crippen LogP contribution in [0.2, 0.25) is 0 Å². The van der Waals surface area contributed by atoms with E-state index in [1.54, 1.807) is 25.6 Å². The van der Waals surface area contributed by atoms with E-state index in [0.717, 1.165) is 24.6 Å². The van der Waals surface area contributed by atoms with E-state index < -0.39 is 0 Å². The second-order valence-electron chi connectivity index (χ2n) is 3.87. The van der Waals surface area contributed by atoms with Gasteiger partial charge in [-0.2, -0.15) is 0 Å². The standard InChI is InChI=1S/C14H17NO2S.ClH/c1-16-13-6-5-11(8-14(13)17-2)9-15-10-12-4-3-7-18-12;/h3-8,15H,9-10H2,1-2H3;1H. The van der Waals surface area contributed by atoms with Crippen molar-refractivity contribution < 1.29 is 9.47 Å². The van der Waals surface area contributed by atoms with Crippen molar-refractivity contribution in [1.82, 2.24) is 5.32 Å². The Morgan fingerprint density at radius 2 is 1.84 bits per heavy atom. The molecule has 0 amide bonds. The fraction of sp³-hybridized carbons (Fsp3) is 0.286. The van der Waals surface area contributed by atoms with Gasteiger partial charge in [-0.15, -0.1) is 23.7 Å². The Labute approximate surface area is 124 Å². The zero-order valence-electron chi connectivity index (χ0n) is 11.0. The highest BCUT2D eigenvalue weighted by molar-refractivity contribution is 7.09. The van der Waals surface area contributed by atoms with Gasteiger partial charge in [-0.3, -0.25) is 0 Å². The van der Waals surface area contributed by atoms with Gasteiger partial charge in [0.15, 0.2) is 11.5 Å². The number of thiophene rings is 1. The van der Waals surface area contributed by atoms with Gasteiger partial charge in [0.2, 0.25) is 0 Å². The van der Waals surface area contributed by atoms with Crippen LogP contribution in [0.5, 0.6) is 11.5 Å². The number of hydrogen-bond acceptors (Lipinski definition) is 4. The van der Waals surface area contributed by atoms with E-state index in [4.69, 9.17) is 9.47 Å². The Morgan fingerprint density at radius 1 is 1.05 bits per heavy atom. The van der Waals surface area contributed by atoms with Crippen molar-refractivity contribution in [2.75, 3.05) is 14.2 Å². The van der Waals surface area contributed by atoms with Crippen LogP contribution < -0.4 is 14.8 Å². The third kappa shape index (κ3) is 4.42. The fourth-order valence-electron chi connectivity index (χ4n) is 1.73. The van der Waals surface area contributed by atoms with Crippen molar-refractivity contribution >= 4 is 23.7 Å². The summed E-state index contributed by atoms with van der Waals surface area (Å²) in [5, 5.41) is 5.50. The summed E-state index contributed by atoms with van der Waals surface area (Å²) < 4.78 is 10.5. The predicted octanol–water partition coefficient (Wildman–Crippen LogP) is 3.48. The quantitative estimate of drug-likeness (QED) is 0.886. The van der Waals surface area contributed by atoms with Gasteiger partial charge in [0.05, 0.1) is 14.2 Å². The average molecular weight is 300 g/mol. The molecule has 2 rings (SSSR count). The van der Waals surface area contributed by atoms with E-state index in [1.807, 2.05) is 18.2 Å². The number of rotatable bonds is 6. The molecule has 1 N–H and O–H groups in total. The molecule has 0 saturated carbocycles. The van der Waals surface area contributed by atoms with Gasteiger partial charge in [-0.25, -0.2) is 0 Å². The maximum Gasteiger partial charge on any atom is 0.161 e. The molecular formula is C14H18ClNO2S. The summed E-state index contributed by atoms with van der Waals surface area (Å²) in [6, 6.07) is 10.2. The van der Waals surface area contributed by atoms with E-state index in [1.165, 1.54) is 10.4 Å². The SMILES string of the molecule is COc1ccc(CNCc2cccs2)cc1OC.Cl. The number of benzene rings is 1. The van der Waals surface area contributed by atoms with Crippen LogP contribution in [-0.4, -0.2) is 14.2 Å². The van der Waals surface area contributed by atoms with Crippen LogP contribution in [0.3, 0.4) is 0 Å². The summed E-state index contributed by atoms with van der Waals surface area (Å²) in [5.41, 5.74) is 1.18. The minimum atomic E-state index is 0. The molecule has 0 aliphatic rings. The van der Waals surface area contributed by atoms with Crippen LogP contribution in [-0.2, 0) is 13.1 Å². The van der Waals surface area contributed by atoms with E-state index in [2.05, 4.69) is 22.8 Å². The van der Waals surface area contributed by atoms with Gasteiger partial charge in [0.1, 0.15) is 0 Å². The first kappa shape index (κ1) is 15.8. The van der Waals surface area contributed by atoms with Crippen molar-refractivity contribution in [2.24, 2.45) is 0 Å². The molecular weight excluding hydrogens is 282 g/mol. The summed E-state index contributed by atoms with van der Waals surface area (Å²) in [7, 11) is 3.30. The van der Waals surface area contributed by atoms with Crippen LogP contribution in [0.15, 0.2) is 35.7 Å². The van der Waals surface area contributed by atoms with Gasteiger partial charge in [-0.1, -0.05) is 12.1 Å². The molecule has 0 radical (unpaired) electrons. The molecule has 1 heterocycles. The monoisotopic (exact) mass is 299 g/mol. The lowest BCUT2D eigenvalue weighted by molar-refractivity contribution is 0.354. The second-order valence-corrected chi connectivity index (χ2v) is 4.90. The molecule has 0 unspecified atom stereocenters. The number of nitrogens with one attached hydrogen (secondary N) is 1. The molecule has 0 saturated heterocycles. The molecule has 0 spiro atoms. The highest BCUT2D eigenvalue weighted by Crippen LogP contribution is 2.27. The lowest BCUT2D eigenvalue weighted by Gasteiger charge is -2.10. The molecule has 19 heavy (non-hydrogen) atoms. The topological polar surface area (TPSA) is 30.5 Å². The third-order valence-electron chi connectivity index (χ3n) is 2.66. The van der Waals surface area contributed by atoms with Crippen molar-refractivity contribution in [1.29, 1.82) is 0 Å². The van der Waals surface area contributed by atoms with E-state index in [9.17, 15) is 0 Å². The number of halogens is 1. The maximum atomic E-state index is 5.28. The molecule has 1 aromatic carbocycles. The van der Waals surface area contributed by atoms with Gasteiger partial charge >= 0.3 is 0 Å². The van der Waals surface area contributed by atoms with Gasteiger partial charge in [0.25, 0.3) is 0 Å². The molecule has 3 nitrogen and oxygen atoms in total. The first-order chi connectivity index (χ1) is 8.83. The number of ether oxygens (including phenoxy) is 2. The van der Waals surface area contributed by atoms with Gasteiger partial charge in [-0.05, 0) is 29.1 Å². The summed E-state index contributed by atoms with van der Waals surface area (Å²) in [4.78, 5) is 1.34. The van der Waals surface area contributed by atoms with Crippen LogP contribution in [0.25, 0.3) is 0 Å². The van der Waals surface area contributed by atoms with Crippen molar-refractivity contribution in [2.45, 2.75) is 13.1 Å². The number of methoxy groups -OCH3 is 2. The molecule has 0 atom stereocenters. The summed E-state index contributed by atoms with van der Waals surface area (Å²) >= 11 is 1.76. The number of hydrogen-bond donors (Lipinski definition) is 1. The van der Waals surface area contributed by atoms with E-state index in [-0.39, 0.29) is 12.4 Å². The maximum absolute atomic E-state index is 5.28. The largest absolute Gasteiger partial charge is 0.493 e. The Morgan fingerprint density at radius 3 is 2.47 bits per heavy atom. The Hall–Kier alpha value is -1.23. The van der Waals surface area contributed by atoms with Crippen LogP contribution >= 0.6 is 23.7 Å². The Kier molecular flexibility index (Phi) is 6.70. The molecule has 104 valence electrons. The van der Waals surface area contributed by atoms with Crippen LogP contribution in [0, 0.1) is 0 Å². The molecule has 2 aromatic rings. The lowest BCUT2D eigenvalue weighted by Crippen LogP contribution is -2.11. The summed E-state index contributed by atoms with van der Waals surface area (Å²) in [6.45, 7) is 1.71. The minimum Gasteiger partial charge on any atom is -0.493 e. The third-order valence-corrected chi connectivity index (χ3v) is 3.53. The first-order valence-electron chi connectivity index (χ1n) is 5.77. The lowest BCUT2D eigenvalue weighted by atomic mass is 10.2. The highest BCUT2D eigenvalue weighted by Gasteiger charge is 2.04. The molecule has 0 fully saturated rings. The van der Waals surface area contributed by atoms with E-state index >= 15 is 0 Å². The van der Waals surface area contributed by atoms with Crippen molar-refractivity contribution in [3.05, 3.63) is 46.2 Å². The smallest absolute Gasteiger partial charge is 0.161 e. The van der Waals surface area contributed by atoms with Gasteiger partial charge < -0.3 is 14.8 Å². The molecule has 0 bridgehead atoms. The van der Waals surface area contributed by atoms with Crippen molar-refractivity contribution in [3.63, 3.8) is 0 Å². The Balaban J connectivity index is 0.00000180. The average Bonchev–Trinajstić information content (AvgIpc) is 2.91. The van der Waals surface area contributed by atoms with Crippen LogP contribution in [0.4, 0.5) is 0 Å². The molecule has 1 aromatic heterocycles. The fourth-order valence-corrected chi connectivity index (χ4v) is 2.41. The molecule has 0 aliphatic carbocycles. The Bertz CT molecular complexity index is 488. The zero-order valence-corrected chi connectivity index (χ0v) is 12.6. The molecule has 5 heteroatoms. The van der Waals surface area contributed by atoms with E-state index in [0.29, 0.717) is 0 Å². The zero-order chi connectivity index (χ0) is 12.8. The summed E-state index contributed by atoms with van der Waals surface area (Å²) in [6.07, 6.45) is 0. The van der Waals surface area contributed by atoms with Crippen molar-refractivity contribution in [3.8, 4) is 11.5 Å². The first-order valence-corrected chi connectivity index (χ1v) is 6.65.